The van der Waals surface area contributed by atoms with Crippen LogP contribution >= 0.6 is 0 Å². The zero-order chi connectivity index (χ0) is 20.8. The van der Waals surface area contributed by atoms with Crippen LogP contribution in [-0.4, -0.2) is 28.2 Å². The Hall–Kier alpha value is -3.81. The molecule has 1 aromatic heterocycles. The highest BCUT2D eigenvalue weighted by molar-refractivity contribution is 5.93. The van der Waals surface area contributed by atoms with Gasteiger partial charge in [-0.15, -0.1) is 0 Å². The molecule has 1 amide bonds. The van der Waals surface area contributed by atoms with Crippen LogP contribution in [-0.2, 0) is 0 Å². The molecule has 7 nitrogen and oxygen atoms in total. The van der Waals surface area contributed by atoms with Crippen LogP contribution in [0.1, 0.15) is 29.9 Å². The van der Waals surface area contributed by atoms with Gasteiger partial charge < -0.3 is 9.72 Å². The van der Waals surface area contributed by atoms with Crippen LogP contribution in [0.2, 0.25) is 0 Å². The molecule has 29 heavy (non-hydrogen) atoms. The normalized spacial score (nSPS) is 11.0. The Kier molecular flexibility index (Phi) is 6.13. The molecule has 0 bridgehead atoms. The van der Waals surface area contributed by atoms with E-state index in [1.54, 1.807) is 6.07 Å². The maximum absolute atomic E-state index is 13.1. The van der Waals surface area contributed by atoms with Gasteiger partial charge in [-0.1, -0.05) is 12.1 Å². The van der Waals surface area contributed by atoms with Crippen molar-refractivity contribution in [2.24, 2.45) is 5.10 Å². The van der Waals surface area contributed by atoms with Gasteiger partial charge in [0.15, 0.2) is 0 Å². The third-order valence-electron chi connectivity index (χ3n) is 3.74. The number of aromatic nitrogens is 2. The molecule has 0 radical (unpaired) electrons. The largest absolute Gasteiger partial charge is 0.491 e. The van der Waals surface area contributed by atoms with E-state index in [0.29, 0.717) is 11.3 Å². The van der Waals surface area contributed by atoms with Gasteiger partial charge in [-0.3, -0.25) is 4.79 Å². The highest BCUT2D eigenvalue weighted by atomic mass is 19.1. The average Bonchev–Trinajstić information content (AvgIpc) is 2.68. The number of carbonyl (C=O) groups excluding carboxylic acids is 1. The number of ether oxygens (including phenoxy) is 1. The second-order valence-corrected chi connectivity index (χ2v) is 6.43. The second-order valence-electron chi connectivity index (χ2n) is 6.43. The van der Waals surface area contributed by atoms with Crippen molar-refractivity contribution in [3.63, 3.8) is 0 Å². The fourth-order valence-electron chi connectivity index (χ4n) is 2.51. The molecule has 148 valence electrons. The zero-order valence-corrected chi connectivity index (χ0v) is 15.8. The number of hydrazone groups is 1. The summed E-state index contributed by atoms with van der Waals surface area (Å²) in [6.45, 7) is 3.85. The van der Waals surface area contributed by atoms with Crippen molar-refractivity contribution in [2.75, 3.05) is 0 Å². The summed E-state index contributed by atoms with van der Waals surface area (Å²) in [5.41, 5.74) is 3.14. The Morgan fingerprint density at radius 2 is 1.97 bits per heavy atom. The lowest BCUT2D eigenvalue weighted by atomic mass is 10.1. The van der Waals surface area contributed by atoms with Crippen LogP contribution in [0.4, 0.5) is 4.39 Å². The van der Waals surface area contributed by atoms with Crippen LogP contribution in [0.3, 0.4) is 0 Å². The van der Waals surface area contributed by atoms with E-state index in [0.717, 1.165) is 5.56 Å². The minimum Gasteiger partial charge on any atom is -0.491 e. The number of rotatable bonds is 6. The molecule has 0 saturated carbocycles. The molecule has 3 aromatic rings. The molecule has 0 atom stereocenters. The molecule has 0 spiro atoms. The van der Waals surface area contributed by atoms with Crippen LogP contribution in [0.5, 0.6) is 5.75 Å². The van der Waals surface area contributed by atoms with Crippen molar-refractivity contribution in [3.8, 4) is 17.0 Å². The van der Waals surface area contributed by atoms with Gasteiger partial charge in [-0.05, 0) is 61.9 Å². The average molecular weight is 394 g/mol. The van der Waals surface area contributed by atoms with Gasteiger partial charge in [0, 0.05) is 5.56 Å². The van der Waals surface area contributed by atoms with E-state index in [9.17, 15) is 14.0 Å². The predicted octanol–water partition coefficient (Wildman–Crippen LogP) is 3.13. The van der Waals surface area contributed by atoms with E-state index in [-0.39, 0.29) is 17.5 Å². The summed E-state index contributed by atoms with van der Waals surface area (Å²) in [5, 5.41) is 3.91. The highest BCUT2D eigenvalue weighted by Gasteiger charge is 2.10. The fourth-order valence-corrected chi connectivity index (χ4v) is 2.51. The number of H-pyrrole nitrogens is 1. The molecule has 2 aromatic carbocycles. The summed E-state index contributed by atoms with van der Waals surface area (Å²) in [6, 6.07) is 14.1. The molecule has 0 unspecified atom stereocenters. The van der Waals surface area contributed by atoms with E-state index in [4.69, 9.17) is 4.74 Å². The number of halogens is 1. The topological polar surface area (TPSA) is 96.4 Å². The second kappa shape index (κ2) is 8.92. The maximum atomic E-state index is 13.1. The molecule has 0 aliphatic carbocycles. The number of benzene rings is 2. The lowest BCUT2D eigenvalue weighted by Crippen LogP contribution is -2.24. The number of hydrogen-bond donors (Lipinski definition) is 2. The van der Waals surface area contributed by atoms with Crippen molar-refractivity contribution in [3.05, 3.63) is 82.2 Å². The summed E-state index contributed by atoms with van der Waals surface area (Å²) in [4.78, 5) is 30.3. The first-order valence-corrected chi connectivity index (χ1v) is 8.88. The van der Waals surface area contributed by atoms with Gasteiger partial charge in [-0.25, -0.2) is 14.6 Å². The molecule has 0 saturated heterocycles. The first kappa shape index (κ1) is 19.9. The minimum atomic E-state index is -0.695. The molecular weight excluding hydrogens is 375 g/mol. The molecule has 0 aliphatic heterocycles. The van der Waals surface area contributed by atoms with E-state index in [1.165, 1.54) is 36.5 Å². The standard InChI is InChI=1S/C21H19FN4O3/c1-13(2)29-17-5-3-4-14(10-17)12-23-26-20(27)19-11-18(24-21(28)25-19)15-6-8-16(22)9-7-15/h3-13H,1-2H3,(H,26,27)(H,24,25,28)/b23-12+. The third kappa shape index (κ3) is 5.58. The first-order chi connectivity index (χ1) is 13.9. The zero-order valence-electron chi connectivity index (χ0n) is 15.8. The Bertz CT molecular complexity index is 1090. The Morgan fingerprint density at radius 3 is 2.69 bits per heavy atom. The summed E-state index contributed by atoms with van der Waals surface area (Å²) < 4.78 is 18.7. The van der Waals surface area contributed by atoms with Gasteiger partial charge in [0.2, 0.25) is 0 Å². The Morgan fingerprint density at radius 1 is 1.21 bits per heavy atom. The maximum Gasteiger partial charge on any atom is 0.346 e. The monoisotopic (exact) mass is 394 g/mol. The van der Waals surface area contributed by atoms with Crippen molar-refractivity contribution in [2.45, 2.75) is 20.0 Å². The first-order valence-electron chi connectivity index (χ1n) is 8.88. The number of hydrogen-bond acceptors (Lipinski definition) is 5. The molecule has 0 fully saturated rings. The number of aromatic amines is 1. The number of nitrogens with one attached hydrogen (secondary N) is 2. The van der Waals surface area contributed by atoms with Crippen molar-refractivity contribution in [1.29, 1.82) is 0 Å². The quantitative estimate of drug-likeness (QED) is 0.496. The van der Waals surface area contributed by atoms with Crippen molar-refractivity contribution in [1.82, 2.24) is 15.4 Å². The summed E-state index contributed by atoms with van der Waals surface area (Å²) in [6.07, 6.45) is 1.51. The number of nitrogens with zero attached hydrogens (tertiary/aromatic N) is 2. The van der Waals surface area contributed by atoms with Gasteiger partial charge in [-0.2, -0.15) is 10.1 Å². The number of amides is 1. The van der Waals surface area contributed by atoms with Gasteiger partial charge in [0.25, 0.3) is 5.91 Å². The summed E-state index contributed by atoms with van der Waals surface area (Å²) in [7, 11) is 0. The van der Waals surface area contributed by atoms with Gasteiger partial charge in [0.05, 0.1) is 18.0 Å². The van der Waals surface area contributed by atoms with E-state index >= 15 is 0 Å². The molecule has 0 aliphatic rings. The Balaban J connectivity index is 1.73. The molecule has 2 N–H and O–H groups in total. The van der Waals surface area contributed by atoms with Gasteiger partial charge in [0.1, 0.15) is 17.3 Å². The third-order valence-corrected chi connectivity index (χ3v) is 3.74. The summed E-state index contributed by atoms with van der Waals surface area (Å²) in [5.74, 6) is -0.329. The highest BCUT2D eigenvalue weighted by Crippen LogP contribution is 2.16. The summed E-state index contributed by atoms with van der Waals surface area (Å²) >= 11 is 0. The molecule has 1 heterocycles. The fraction of sp³-hybridized carbons (Fsp3) is 0.143. The van der Waals surface area contributed by atoms with E-state index in [1.807, 2.05) is 32.0 Å². The minimum absolute atomic E-state index is 0.0154. The van der Waals surface area contributed by atoms with E-state index in [2.05, 4.69) is 20.5 Å². The lowest BCUT2D eigenvalue weighted by Gasteiger charge is -2.09. The smallest absolute Gasteiger partial charge is 0.346 e. The van der Waals surface area contributed by atoms with Crippen LogP contribution in [0.15, 0.2) is 64.5 Å². The van der Waals surface area contributed by atoms with Crippen LogP contribution in [0, 0.1) is 5.82 Å². The van der Waals surface area contributed by atoms with Crippen molar-refractivity contribution < 1.29 is 13.9 Å². The van der Waals surface area contributed by atoms with Crippen molar-refractivity contribution >= 4 is 12.1 Å². The van der Waals surface area contributed by atoms with Crippen LogP contribution in [0.25, 0.3) is 11.3 Å². The number of carbonyl (C=O) groups is 1. The SMILES string of the molecule is CC(C)Oc1cccc(/C=N/NC(=O)c2cc(-c3ccc(F)cc3)nc(=O)[nH]2)c1. The molecule has 3 rings (SSSR count). The molecular formula is C21H19FN4O3. The lowest BCUT2D eigenvalue weighted by molar-refractivity contribution is 0.0949. The van der Waals surface area contributed by atoms with Gasteiger partial charge >= 0.3 is 5.69 Å². The van der Waals surface area contributed by atoms with E-state index < -0.39 is 17.4 Å². The Labute approximate surface area is 166 Å². The predicted molar refractivity (Wildman–Crippen MR) is 108 cm³/mol. The molecule has 8 heteroatoms. The van der Waals surface area contributed by atoms with Crippen LogP contribution < -0.4 is 15.9 Å².